The number of hydrogen-bond acceptors (Lipinski definition) is 4. The molecule has 2 aromatic carbocycles. The molecule has 2 heterocycles. The molecule has 22 heavy (non-hydrogen) atoms. The van der Waals surface area contributed by atoms with Crippen LogP contribution < -0.4 is 9.47 Å². The third-order valence-corrected chi connectivity index (χ3v) is 3.75. The topological polar surface area (TPSA) is 44.5 Å². The van der Waals surface area contributed by atoms with Crippen molar-refractivity contribution in [3.63, 3.8) is 0 Å². The largest absolute Gasteiger partial charge is 0.496 e. The molecular formula is C18H15NO3. The van der Waals surface area contributed by atoms with Gasteiger partial charge in [-0.05, 0) is 31.2 Å². The number of hydrogen-bond donors (Lipinski definition) is 0. The third kappa shape index (κ3) is 1.80. The molecule has 0 spiro atoms. The van der Waals surface area contributed by atoms with Crippen LogP contribution >= 0.6 is 0 Å². The molecule has 0 saturated heterocycles. The number of ether oxygens (including phenoxy) is 2. The van der Waals surface area contributed by atoms with Gasteiger partial charge in [-0.3, -0.25) is 0 Å². The smallest absolute Gasteiger partial charge is 0.228 e. The van der Waals surface area contributed by atoms with E-state index in [1.807, 2.05) is 43.3 Å². The van der Waals surface area contributed by atoms with Gasteiger partial charge < -0.3 is 13.9 Å². The van der Waals surface area contributed by atoms with E-state index in [-0.39, 0.29) is 0 Å². The van der Waals surface area contributed by atoms with Gasteiger partial charge in [0.15, 0.2) is 11.3 Å². The fraction of sp³-hybridized carbons (Fsp3) is 0.167. The van der Waals surface area contributed by atoms with Gasteiger partial charge in [0.2, 0.25) is 5.89 Å². The number of aromatic nitrogens is 1. The molecule has 0 saturated carbocycles. The molecule has 0 fully saturated rings. The lowest BCUT2D eigenvalue weighted by molar-refractivity contribution is 0.338. The van der Waals surface area contributed by atoms with E-state index in [9.17, 15) is 0 Å². The maximum atomic E-state index is 6.02. The summed E-state index contributed by atoms with van der Waals surface area (Å²) in [5, 5.41) is 1.96. The highest BCUT2D eigenvalue weighted by Crippen LogP contribution is 2.40. The third-order valence-electron chi connectivity index (χ3n) is 3.75. The van der Waals surface area contributed by atoms with Gasteiger partial charge in [-0.25, -0.2) is 4.98 Å². The number of para-hydroxylation sites is 1. The van der Waals surface area contributed by atoms with Gasteiger partial charge in [-0.15, -0.1) is 0 Å². The second-order valence-electron chi connectivity index (χ2n) is 5.04. The van der Waals surface area contributed by atoms with Crippen molar-refractivity contribution in [1.82, 2.24) is 4.98 Å². The highest BCUT2D eigenvalue weighted by molar-refractivity contribution is 6.03. The van der Waals surface area contributed by atoms with E-state index in [1.165, 1.54) is 0 Å². The van der Waals surface area contributed by atoms with E-state index in [2.05, 4.69) is 11.1 Å². The van der Waals surface area contributed by atoms with Gasteiger partial charge in [0.1, 0.15) is 5.75 Å². The summed E-state index contributed by atoms with van der Waals surface area (Å²) in [6.45, 7) is 2.55. The summed E-state index contributed by atoms with van der Waals surface area (Å²) in [6.07, 6.45) is 0. The van der Waals surface area contributed by atoms with Crippen LogP contribution in [0, 0.1) is 0 Å². The Labute approximate surface area is 127 Å². The van der Waals surface area contributed by atoms with E-state index < -0.39 is 0 Å². The minimum atomic E-state index is 0.594. The standard InChI is InChI=1S/C18H15NO3/c1-3-21-15-9-4-6-11-10-12-16-13(7-5-8-14(16)20-2)19-18(12)22-17(11)15/h4-10H,3H2,1-2H3. The number of benzene rings is 2. The molecule has 4 nitrogen and oxygen atoms in total. The van der Waals surface area contributed by atoms with Gasteiger partial charge in [0.25, 0.3) is 0 Å². The first kappa shape index (κ1) is 13.0. The molecule has 0 atom stereocenters. The van der Waals surface area contributed by atoms with Crippen molar-refractivity contribution >= 4 is 21.9 Å². The second-order valence-corrected chi connectivity index (χ2v) is 5.04. The van der Waals surface area contributed by atoms with Crippen LogP contribution in [0.4, 0.5) is 0 Å². The average Bonchev–Trinajstić information content (AvgIpc) is 2.91. The molecule has 0 bridgehead atoms. The van der Waals surface area contributed by atoms with Crippen LogP contribution in [-0.2, 0) is 0 Å². The summed E-state index contributed by atoms with van der Waals surface area (Å²) in [5.74, 6) is 2.13. The summed E-state index contributed by atoms with van der Waals surface area (Å²) < 4.78 is 17.1. The minimum absolute atomic E-state index is 0.594. The molecule has 0 amide bonds. The van der Waals surface area contributed by atoms with Crippen molar-refractivity contribution in [3.05, 3.63) is 42.5 Å². The lowest BCUT2D eigenvalue weighted by atomic mass is 10.1. The zero-order chi connectivity index (χ0) is 15.1. The zero-order valence-electron chi connectivity index (χ0n) is 12.4. The van der Waals surface area contributed by atoms with E-state index >= 15 is 0 Å². The van der Waals surface area contributed by atoms with E-state index in [4.69, 9.17) is 13.9 Å². The molecule has 2 aliphatic heterocycles. The number of fused-ring (bicyclic) bond motifs is 4. The number of rotatable bonds is 3. The van der Waals surface area contributed by atoms with Crippen LogP contribution in [0.2, 0.25) is 0 Å². The first-order valence-electron chi connectivity index (χ1n) is 7.23. The lowest BCUT2D eigenvalue weighted by Gasteiger charge is -2.08. The molecule has 0 radical (unpaired) electrons. The molecule has 4 heteroatoms. The summed E-state index contributed by atoms with van der Waals surface area (Å²) in [5.41, 5.74) is 2.54. The predicted molar refractivity (Wildman–Crippen MR) is 85.9 cm³/mol. The highest BCUT2D eigenvalue weighted by atomic mass is 16.5. The summed E-state index contributed by atoms with van der Waals surface area (Å²) in [4.78, 5) is 4.57. The van der Waals surface area contributed by atoms with Gasteiger partial charge >= 0.3 is 0 Å². The van der Waals surface area contributed by atoms with Gasteiger partial charge in [0, 0.05) is 5.39 Å². The van der Waals surface area contributed by atoms with Crippen molar-refractivity contribution in [2.75, 3.05) is 13.7 Å². The van der Waals surface area contributed by atoms with Gasteiger partial charge in [-0.1, -0.05) is 18.2 Å². The van der Waals surface area contributed by atoms with Crippen LogP contribution in [0.15, 0.2) is 46.9 Å². The molecule has 0 aromatic heterocycles. The quantitative estimate of drug-likeness (QED) is 0.558. The maximum Gasteiger partial charge on any atom is 0.228 e. The molecule has 110 valence electrons. The Hall–Kier alpha value is -2.75. The Morgan fingerprint density at radius 3 is 2.73 bits per heavy atom. The van der Waals surface area contributed by atoms with Crippen LogP contribution in [0.1, 0.15) is 6.92 Å². The van der Waals surface area contributed by atoms with E-state index in [1.54, 1.807) is 7.11 Å². The van der Waals surface area contributed by atoms with Gasteiger partial charge in [-0.2, -0.15) is 0 Å². The van der Waals surface area contributed by atoms with Gasteiger partial charge in [0.05, 0.1) is 30.2 Å². The van der Waals surface area contributed by atoms with E-state index in [0.717, 1.165) is 38.9 Å². The van der Waals surface area contributed by atoms with E-state index in [0.29, 0.717) is 12.5 Å². The second kappa shape index (κ2) is 4.91. The van der Waals surface area contributed by atoms with Crippen molar-refractivity contribution in [3.8, 4) is 23.0 Å². The molecule has 0 aliphatic carbocycles. The Bertz CT molecular complexity index is 942. The molecule has 2 aliphatic rings. The average molecular weight is 293 g/mol. The molecule has 0 N–H and O–H groups in total. The first-order valence-corrected chi connectivity index (χ1v) is 7.23. The molecular weight excluding hydrogens is 278 g/mol. The monoisotopic (exact) mass is 293 g/mol. The van der Waals surface area contributed by atoms with Crippen molar-refractivity contribution in [2.24, 2.45) is 0 Å². The first-order chi connectivity index (χ1) is 10.8. The summed E-state index contributed by atoms with van der Waals surface area (Å²) >= 11 is 0. The number of nitrogens with zero attached hydrogens (tertiary/aromatic N) is 1. The lowest BCUT2D eigenvalue weighted by Crippen LogP contribution is -1.92. The molecule has 4 rings (SSSR count). The summed E-state index contributed by atoms with van der Waals surface area (Å²) in [6, 6.07) is 13.8. The Morgan fingerprint density at radius 1 is 1.09 bits per heavy atom. The van der Waals surface area contributed by atoms with Crippen molar-refractivity contribution < 1.29 is 13.9 Å². The number of methoxy groups -OCH3 is 1. The SMILES string of the molecule is CCOc1cccc2cc3c4c(OC)cccc4nc-3oc12. The highest BCUT2D eigenvalue weighted by Gasteiger charge is 2.19. The Kier molecular flexibility index (Phi) is 2.89. The van der Waals surface area contributed by atoms with Crippen LogP contribution in [0.3, 0.4) is 0 Å². The molecule has 0 unspecified atom stereocenters. The van der Waals surface area contributed by atoms with Crippen molar-refractivity contribution in [1.29, 1.82) is 0 Å². The normalized spacial score (nSPS) is 11.4. The fourth-order valence-electron chi connectivity index (χ4n) is 2.82. The fourth-order valence-corrected chi connectivity index (χ4v) is 2.82. The zero-order valence-corrected chi connectivity index (χ0v) is 12.4. The van der Waals surface area contributed by atoms with Crippen LogP contribution in [0.5, 0.6) is 11.5 Å². The van der Waals surface area contributed by atoms with Crippen LogP contribution in [-0.4, -0.2) is 18.7 Å². The minimum Gasteiger partial charge on any atom is -0.496 e. The van der Waals surface area contributed by atoms with Crippen LogP contribution in [0.25, 0.3) is 33.3 Å². The predicted octanol–water partition coefficient (Wildman–Crippen LogP) is 4.49. The molecule has 2 aromatic rings. The van der Waals surface area contributed by atoms with Crippen molar-refractivity contribution in [2.45, 2.75) is 6.92 Å². The maximum absolute atomic E-state index is 6.02. The Morgan fingerprint density at radius 2 is 1.91 bits per heavy atom. The Balaban J connectivity index is 2.10. The summed E-state index contributed by atoms with van der Waals surface area (Å²) in [7, 11) is 1.67.